The molecule has 1 aliphatic carbocycles. The van der Waals surface area contributed by atoms with Crippen LogP contribution in [0.4, 0.5) is 0 Å². The Labute approximate surface area is 237 Å². The van der Waals surface area contributed by atoms with Crippen molar-refractivity contribution in [3.8, 4) is 17.2 Å². The molecule has 0 bridgehead atoms. The molecule has 1 fully saturated rings. The number of benzene rings is 2. The molecule has 0 aromatic heterocycles. The highest BCUT2D eigenvalue weighted by Crippen LogP contribution is 2.38. The summed E-state index contributed by atoms with van der Waals surface area (Å²) in [6.07, 6.45) is 9.95. The monoisotopic (exact) mass is 537 g/mol. The number of ether oxygens (including phenoxy) is 3. The van der Waals surface area contributed by atoms with Crippen LogP contribution >= 0.6 is 0 Å². The van der Waals surface area contributed by atoms with E-state index in [-0.39, 0.29) is 0 Å². The molecule has 216 valence electrons. The van der Waals surface area contributed by atoms with Crippen molar-refractivity contribution in [1.29, 1.82) is 0 Å². The summed E-state index contributed by atoms with van der Waals surface area (Å²) in [4.78, 5) is 8.01. The largest absolute Gasteiger partial charge is 0.497 e. The Morgan fingerprint density at radius 3 is 2.23 bits per heavy atom. The third-order valence-electron chi connectivity index (χ3n) is 8.66. The van der Waals surface area contributed by atoms with Crippen LogP contribution in [0.1, 0.15) is 62.1 Å². The normalized spacial score (nSPS) is 18.2. The standard InChI is InChI=1S/C33H51N3O3/c1-5-18-36(29-13-16-31-28(25-29)12-17-32(38-3)33(31)39-4)20-9-7-6-8-19-34-21-23-35(24-22-34)26-27-10-14-30(37-2)15-11-27/h10-12,14-15,17,29H,5-9,13,16,18-26H2,1-4H3/t29-/m0/s1. The predicted octanol–water partition coefficient (Wildman–Crippen LogP) is 5.66. The molecule has 39 heavy (non-hydrogen) atoms. The first-order valence-electron chi connectivity index (χ1n) is 15.2. The number of nitrogens with zero attached hydrogens (tertiary/aromatic N) is 3. The average Bonchev–Trinajstić information content (AvgIpc) is 2.98. The lowest BCUT2D eigenvalue weighted by Gasteiger charge is -2.36. The van der Waals surface area contributed by atoms with E-state index < -0.39 is 0 Å². The van der Waals surface area contributed by atoms with Crippen molar-refractivity contribution in [1.82, 2.24) is 14.7 Å². The topological polar surface area (TPSA) is 37.4 Å². The van der Waals surface area contributed by atoms with Gasteiger partial charge in [-0.05, 0) is 87.5 Å². The molecule has 1 aliphatic heterocycles. The molecule has 0 radical (unpaired) electrons. The first kappa shape index (κ1) is 29.7. The molecular formula is C33H51N3O3. The second-order valence-electron chi connectivity index (χ2n) is 11.3. The van der Waals surface area contributed by atoms with Gasteiger partial charge in [0.1, 0.15) is 5.75 Å². The Balaban J connectivity index is 1.12. The van der Waals surface area contributed by atoms with Gasteiger partial charge >= 0.3 is 0 Å². The van der Waals surface area contributed by atoms with Crippen LogP contribution in [0.3, 0.4) is 0 Å². The van der Waals surface area contributed by atoms with E-state index in [1.165, 1.54) is 101 Å². The zero-order chi connectivity index (χ0) is 27.5. The molecule has 0 unspecified atom stereocenters. The summed E-state index contributed by atoms with van der Waals surface area (Å²) < 4.78 is 16.5. The van der Waals surface area contributed by atoms with Gasteiger partial charge in [0.2, 0.25) is 0 Å². The van der Waals surface area contributed by atoms with Gasteiger partial charge in [0, 0.05) is 44.3 Å². The Morgan fingerprint density at radius 2 is 1.54 bits per heavy atom. The Hall–Kier alpha value is -2.28. The summed E-state index contributed by atoms with van der Waals surface area (Å²) in [6, 6.07) is 13.5. The van der Waals surface area contributed by atoms with Crippen LogP contribution in [0.15, 0.2) is 36.4 Å². The lowest BCUT2D eigenvalue weighted by molar-refractivity contribution is 0.125. The number of hydrogen-bond donors (Lipinski definition) is 0. The summed E-state index contributed by atoms with van der Waals surface area (Å²) in [7, 11) is 5.21. The molecular weight excluding hydrogens is 486 g/mol. The van der Waals surface area contributed by atoms with Crippen LogP contribution < -0.4 is 14.2 Å². The fourth-order valence-electron chi connectivity index (χ4n) is 6.40. The molecule has 0 amide bonds. The van der Waals surface area contributed by atoms with Gasteiger partial charge in [-0.25, -0.2) is 0 Å². The third-order valence-corrected chi connectivity index (χ3v) is 8.66. The van der Waals surface area contributed by atoms with Crippen LogP contribution in [0.25, 0.3) is 0 Å². The van der Waals surface area contributed by atoms with Gasteiger partial charge in [-0.1, -0.05) is 38.0 Å². The summed E-state index contributed by atoms with van der Waals surface area (Å²) in [5, 5.41) is 0. The second kappa shape index (κ2) is 15.5. The van der Waals surface area contributed by atoms with Gasteiger partial charge < -0.3 is 24.0 Å². The summed E-state index contributed by atoms with van der Waals surface area (Å²) in [6.45, 7) is 11.8. The average molecular weight is 538 g/mol. The van der Waals surface area contributed by atoms with Crippen molar-refractivity contribution in [2.24, 2.45) is 0 Å². The number of unbranched alkanes of at least 4 members (excludes halogenated alkanes) is 3. The van der Waals surface area contributed by atoms with Gasteiger partial charge in [-0.15, -0.1) is 0 Å². The van der Waals surface area contributed by atoms with E-state index in [2.05, 4.69) is 58.0 Å². The van der Waals surface area contributed by atoms with E-state index in [0.717, 1.165) is 36.6 Å². The molecule has 2 aromatic rings. The SMILES string of the molecule is CCCN(CCCCCCN1CCN(Cc2ccc(OC)cc2)CC1)[C@H]1CCc2c(ccc(OC)c2OC)C1. The highest BCUT2D eigenvalue weighted by molar-refractivity contribution is 5.52. The van der Waals surface area contributed by atoms with E-state index in [1.807, 2.05) is 0 Å². The highest BCUT2D eigenvalue weighted by Gasteiger charge is 2.27. The number of rotatable bonds is 15. The molecule has 1 heterocycles. The second-order valence-corrected chi connectivity index (χ2v) is 11.3. The minimum Gasteiger partial charge on any atom is -0.497 e. The van der Waals surface area contributed by atoms with Gasteiger partial charge in [0.25, 0.3) is 0 Å². The van der Waals surface area contributed by atoms with Gasteiger partial charge in [-0.3, -0.25) is 4.90 Å². The zero-order valence-corrected chi connectivity index (χ0v) is 24.9. The molecule has 0 spiro atoms. The van der Waals surface area contributed by atoms with Crippen LogP contribution in [-0.4, -0.2) is 87.9 Å². The molecule has 0 N–H and O–H groups in total. The fraction of sp³-hybridized carbons (Fsp3) is 0.636. The quantitative estimate of drug-likeness (QED) is 0.273. The summed E-state index contributed by atoms with van der Waals surface area (Å²) >= 11 is 0. The van der Waals surface area contributed by atoms with E-state index in [4.69, 9.17) is 14.2 Å². The number of piperazine rings is 1. The summed E-state index contributed by atoms with van der Waals surface area (Å²) in [5.41, 5.74) is 4.17. The van der Waals surface area contributed by atoms with Gasteiger partial charge in [0.15, 0.2) is 11.5 Å². The fourth-order valence-corrected chi connectivity index (χ4v) is 6.40. The van der Waals surface area contributed by atoms with E-state index in [9.17, 15) is 0 Å². The van der Waals surface area contributed by atoms with Crippen molar-refractivity contribution in [3.05, 3.63) is 53.1 Å². The van der Waals surface area contributed by atoms with Crippen molar-refractivity contribution >= 4 is 0 Å². The number of hydrogen-bond acceptors (Lipinski definition) is 6. The van der Waals surface area contributed by atoms with Crippen molar-refractivity contribution in [2.45, 2.75) is 70.9 Å². The van der Waals surface area contributed by atoms with Crippen molar-refractivity contribution in [3.63, 3.8) is 0 Å². The Bertz CT molecular complexity index is 988. The lowest BCUT2D eigenvalue weighted by atomic mass is 9.86. The van der Waals surface area contributed by atoms with Crippen LogP contribution in [0.5, 0.6) is 17.2 Å². The minimum absolute atomic E-state index is 0.643. The molecule has 2 aromatic carbocycles. The zero-order valence-electron chi connectivity index (χ0n) is 24.9. The molecule has 1 saturated heterocycles. The highest BCUT2D eigenvalue weighted by atomic mass is 16.5. The lowest BCUT2D eigenvalue weighted by Crippen LogP contribution is -2.46. The van der Waals surface area contributed by atoms with E-state index in [0.29, 0.717) is 6.04 Å². The van der Waals surface area contributed by atoms with E-state index in [1.54, 1.807) is 21.3 Å². The van der Waals surface area contributed by atoms with Crippen LogP contribution in [0, 0.1) is 0 Å². The summed E-state index contributed by atoms with van der Waals surface area (Å²) in [5.74, 6) is 2.73. The van der Waals surface area contributed by atoms with Crippen molar-refractivity contribution in [2.75, 3.05) is 67.1 Å². The molecule has 4 rings (SSSR count). The van der Waals surface area contributed by atoms with Gasteiger partial charge in [0.05, 0.1) is 21.3 Å². The first-order chi connectivity index (χ1) is 19.1. The molecule has 6 nitrogen and oxygen atoms in total. The van der Waals surface area contributed by atoms with E-state index >= 15 is 0 Å². The molecule has 1 atom stereocenters. The maximum absolute atomic E-state index is 5.71. The number of fused-ring (bicyclic) bond motifs is 1. The smallest absolute Gasteiger partial charge is 0.164 e. The van der Waals surface area contributed by atoms with Crippen LogP contribution in [-0.2, 0) is 19.4 Å². The maximum atomic E-state index is 5.71. The molecule has 2 aliphatic rings. The Kier molecular flexibility index (Phi) is 11.8. The molecule has 6 heteroatoms. The molecule has 0 saturated carbocycles. The number of methoxy groups -OCH3 is 3. The maximum Gasteiger partial charge on any atom is 0.164 e. The van der Waals surface area contributed by atoms with Gasteiger partial charge in [-0.2, -0.15) is 0 Å². The van der Waals surface area contributed by atoms with Crippen LogP contribution in [0.2, 0.25) is 0 Å². The third kappa shape index (κ3) is 8.36. The minimum atomic E-state index is 0.643. The van der Waals surface area contributed by atoms with Crippen molar-refractivity contribution < 1.29 is 14.2 Å². The predicted molar refractivity (Wildman–Crippen MR) is 160 cm³/mol. The Morgan fingerprint density at radius 1 is 0.795 bits per heavy atom. The first-order valence-corrected chi connectivity index (χ1v) is 15.2.